The number of fused-ring (bicyclic) bond motifs is 5. The quantitative estimate of drug-likeness (QED) is 0.150. The molecule has 0 aliphatic heterocycles. The summed E-state index contributed by atoms with van der Waals surface area (Å²) in [6, 6.07) is 73.8. The average Bonchev–Trinajstić information content (AvgIpc) is 3.96. The number of rotatable bonds is 7. The molecule has 2 aromatic heterocycles. The Morgan fingerprint density at radius 1 is 0.462 bits per heavy atom. The molecular weight excluding hydrogens is 789 g/mol. The third-order valence-electron chi connectivity index (χ3n) is 12.0. The van der Waals surface area contributed by atoms with Gasteiger partial charge in [-0.15, -0.1) is 0 Å². The van der Waals surface area contributed by atoms with Crippen molar-refractivity contribution in [2.24, 2.45) is 0 Å². The van der Waals surface area contributed by atoms with Gasteiger partial charge in [0.25, 0.3) is 0 Å². The number of allylic oxidation sites excluding steroid dienone is 4. The van der Waals surface area contributed by atoms with Crippen molar-refractivity contribution in [3.63, 3.8) is 0 Å². The summed E-state index contributed by atoms with van der Waals surface area (Å²) in [4.78, 5) is 4.72. The van der Waals surface area contributed by atoms with Crippen molar-refractivity contribution in [3.05, 3.63) is 230 Å². The zero-order valence-electron chi connectivity index (χ0n) is 37.7. The largest absolute Gasteiger partial charge is 0.436 e. The third kappa shape index (κ3) is 8.45. The van der Waals surface area contributed by atoms with E-state index in [0.717, 1.165) is 27.9 Å². The number of benzene rings is 9. The van der Waals surface area contributed by atoms with Crippen LogP contribution in [0.2, 0.25) is 0 Å². The minimum Gasteiger partial charge on any atom is -0.436 e. The smallest absolute Gasteiger partial charge is 0.227 e. The molecule has 3 heteroatoms. The molecule has 0 saturated carbocycles. The van der Waals surface area contributed by atoms with E-state index in [9.17, 15) is 0 Å². The Morgan fingerprint density at radius 3 is 1.60 bits per heavy atom. The number of nitrogens with zero attached hydrogens (tertiary/aromatic N) is 2. The summed E-state index contributed by atoms with van der Waals surface area (Å²) < 4.78 is 8.47. The maximum Gasteiger partial charge on any atom is 0.227 e. The lowest BCUT2D eigenvalue weighted by Crippen LogP contribution is -1.93. The first-order valence-corrected chi connectivity index (χ1v) is 22.6. The molecule has 2 heterocycles. The lowest BCUT2D eigenvalue weighted by atomic mass is 9.89. The van der Waals surface area contributed by atoms with Crippen LogP contribution in [0.4, 0.5) is 0 Å². The minimum atomic E-state index is 0.629. The Balaban J connectivity index is 0.000000544. The maximum atomic E-state index is 6.07. The molecule has 0 unspecified atom stereocenters. The molecule has 65 heavy (non-hydrogen) atoms. The van der Waals surface area contributed by atoms with Crippen molar-refractivity contribution in [2.75, 3.05) is 0 Å². The maximum absolute atomic E-state index is 6.07. The summed E-state index contributed by atoms with van der Waals surface area (Å²) in [6.45, 7) is 10.1. The van der Waals surface area contributed by atoms with Gasteiger partial charge in [0.1, 0.15) is 5.52 Å². The predicted molar refractivity (Wildman–Crippen MR) is 279 cm³/mol. The van der Waals surface area contributed by atoms with Crippen LogP contribution in [-0.2, 0) is 0 Å². The van der Waals surface area contributed by atoms with Crippen LogP contribution in [0.15, 0.2) is 234 Å². The zero-order valence-corrected chi connectivity index (χ0v) is 37.7. The second kappa shape index (κ2) is 19.2. The van der Waals surface area contributed by atoms with E-state index >= 15 is 0 Å². The average molecular weight is 841 g/mol. The molecule has 0 spiro atoms. The Kier molecular flexibility index (Phi) is 12.5. The number of hydrogen-bond acceptors (Lipinski definition) is 2. The molecule has 0 saturated heterocycles. The van der Waals surface area contributed by atoms with E-state index in [1.54, 1.807) is 0 Å². The van der Waals surface area contributed by atoms with Crippen molar-refractivity contribution in [2.45, 2.75) is 34.6 Å². The van der Waals surface area contributed by atoms with Gasteiger partial charge in [-0.25, -0.2) is 4.98 Å². The van der Waals surface area contributed by atoms with E-state index in [1.807, 2.05) is 58.0 Å². The monoisotopic (exact) mass is 840 g/mol. The molecule has 0 aliphatic carbocycles. The molecule has 0 atom stereocenters. The molecule has 0 N–H and O–H groups in total. The lowest BCUT2D eigenvalue weighted by Gasteiger charge is -2.15. The van der Waals surface area contributed by atoms with E-state index in [1.165, 1.54) is 77.1 Å². The minimum absolute atomic E-state index is 0.629. The highest BCUT2D eigenvalue weighted by molar-refractivity contribution is 6.13. The van der Waals surface area contributed by atoms with Crippen LogP contribution in [0.5, 0.6) is 0 Å². The molecule has 11 aromatic rings. The molecular formula is C62H52N2O. The van der Waals surface area contributed by atoms with Crippen LogP contribution in [-0.4, -0.2) is 9.55 Å². The topological polar surface area (TPSA) is 31.0 Å². The fourth-order valence-electron chi connectivity index (χ4n) is 8.78. The van der Waals surface area contributed by atoms with E-state index in [0.29, 0.717) is 5.89 Å². The number of oxazole rings is 1. The Morgan fingerprint density at radius 2 is 0.969 bits per heavy atom. The number of para-hydroxylation sites is 3. The van der Waals surface area contributed by atoms with Crippen LogP contribution >= 0.6 is 0 Å². The van der Waals surface area contributed by atoms with Gasteiger partial charge in [0.15, 0.2) is 5.58 Å². The summed E-state index contributed by atoms with van der Waals surface area (Å²) in [5.41, 5.74) is 16.9. The van der Waals surface area contributed by atoms with Gasteiger partial charge in [0.05, 0.1) is 11.0 Å². The molecule has 0 aliphatic rings. The zero-order chi connectivity index (χ0) is 44.7. The summed E-state index contributed by atoms with van der Waals surface area (Å²) >= 11 is 0. The fraction of sp³-hybridized carbons (Fsp3) is 0.0806. The lowest BCUT2D eigenvalue weighted by molar-refractivity contribution is 0.620. The normalized spacial score (nSPS) is 11.5. The second-order valence-electron chi connectivity index (χ2n) is 15.8. The molecule has 9 aromatic carbocycles. The SMILES string of the molecule is C/C=C\C(C)=C\C.CC.c1ccc(-n2c3ccc(-c4ccccc4-c4ccccc4-c4ccc(-c5nc6ccccc6o5)cc4)cc3c3cc(-c4cccc5ccccc45)ccc32)cc1. The summed E-state index contributed by atoms with van der Waals surface area (Å²) in [6.07, 6.45) is 6.20. The fourth-order valence-corrected chi connectivity index (χ4v) is 8.78. The molecule has 0 amide bonds. The van der Waals surface area contributed by atoms with Crippen LogP contribution < -0.4 is 0 Å². The highest BCUT2D eigenvalue weighted by atomic mass is 16.3. The highest BCUT2D eigenvalue weighted by Gasteiger charge is 2.18. The molecule has 316 valence electrons. The van der Waals surface area contributed by atoms with Gasteiger partial charge in [-0.2, -0.15) is 0 Å². The summed E-state index contributed by atoms with van der Waals surface area (Å²) in [5, 5.41) is 4.96. The Hall–Kier alpha value is -8.01. The first-order valence-electron chi connectivity index (χ1n) is 22.6. The van der Waals surface area contributed by atoms with Crippen LogP contribution in [0.3, 0.4) is 0 Å². The van der Waals surface area contributed by atoms with E-state index in [4.69, 9.17) is 9.40 Å². The van der Waals surface area contributed by atoms with Crippen molar-refractivity contribution in [1.82, 2.24) is 9.55 Å². The Bertz CT molecular complexity index is 3440. The van der Waals surface area contributed by atoms with Gasteiger partial charge in [-0.1, -0.05) is 183 Å². The van der Waals surface area contributed by atoms with Gasteiger partial charge in [-0.05, 0) is 137 Å². The van der Waals surface area contributed by atoms with Crippen molar-refractivity contribution in [1.29, 1.82) is 0 Å². The summed E-state index contributed by atoms with van der Waals surface area (Å²) in [5.74, 6) is 0.629. The van der Waals surface area contributed by atoms with Crippen LogP contribution in [0, 0.1) is 0 Å². The molecule has 3 nitrogen and oxygen atoms in total. The van der Waals surface area contributed by atoms with Crippen molar-refractivity contribution < 1.29 is 4.42 Å². The number of hydrogen-bond donors (Lipinski definition) is 0. The second-order valence-corrected chi connectivity index (χ2v) is 15.8. The van der Waals surface area contributed by atoms with E-state index < -0.39 is 0 Å². The van der Waals surface area contributed by atoms with Gasteiger partial charge >= 0.3 is 0 Å². The van der Waals surface area contributed by atoms with Gasteiger partial charge < -0.3 is 8.98 Å². The third-order valence-corrected chi connectivity index (χ3v) is 12.0. The molecule has 0 bridgehead atoms. The van der Waals surface area contributed by atoms with E-state index in [-0.39, 0.29) is 0 Å². The van der Waals surface area contributed by atoms with Crippen LogP contribution in [0.1, 0.15) is 34.6 Å². The van der Waals surface area contributed by atoms with Gasteiger partial charge in [0, 0.05) is 22.0 Å². The van der Waals surface area contributed by atoms with E-state index in [2.05, 4.69) is 206 Å². The molecule has 0 radical (unpaired) electrons. The Labute approximate surface area is 382 Å². The first kappa shape index (κ1) is 42.3. The van der Waals surface area contributed by atoms with Gasteiger partial charge in [0.2, 0.25) is 5.89 Å². The van der Waals surface area contributed by atoms with Crippen LogP contribution in [0.25, 0.3) is 105 Å². The highest BCUT2D eigenvalue weighted by Crippen LogP contribution is 2.42. The predicted octanol–water partition coefficient (Wildman–Crippen LogP) is 18.0. The number of aromatic nitrogens is 2. The first-order chi connectivity index (χ1) is 32.1. The molecule has 11 rings (SSSR count). The van der Waals surface area contributed by atoms with Gasteiger partial charge in [-0.3, -0.25) is 0 Å². The molecule has 0 fully saturated rings. The van der Waals surface area contributed by atoms with Crippen molar-refractivity contribution >= 4 is 43.7 Å². The van der Waals surface area contributed by atoms with Crippen molar-refractivity contribution in [3.8, 4) is 61.6 Å². The summed E-state index contributed by atoms with van der Waals surface area (Å²) in [7, 11) is 0. The standard InChI is InChI=1S/C53H34N2O.C7H12.C2H6/c1-2-15-40(16-3-1)55-50-31-29-38(43-22-12-14-35-13-4-5-17-41(35)43)33-47(50)48-34-39(30-32-51(48)55)44-19-7-9-21-46(44)45-20-8-6-18-42(45)36-25-27-37(28-26-36)53-54-49-23-10-11-24-52(49)56-53;1-4-6-7(3)5-2;1-2/h1-34H;4-6H,1-3H3;1-2H3/b;6-4-,7-5+;.